The number of anilines is 1. The van der Waals surface area contributed by atoms with Crippen molar-refractivity contribution in [2.75, 3.05) is 18.5 Å². The van der Waals surface area contributed by atoms with Crippen LogP contribution in [0.25, 0.3) is 11.0 Å². The first kappa shape index (κ1) is 20.9. The molecule has 0 atom stereocenters. The minimum absolute atomic E-state index is 0.123. The molecule has 1 N–H and O–H groups in total. The molecule has 10 heteroatoms. The summed E-state index contributed by atoms with van der Waals surface area (Å²) in [5.41, 5.74) is -0.975. The van der Waals surface area contributed by atoms with Gasteiger partial charge in [0.05, 0.1) is 5.56 Å². The third-order valence-corrected chi connectivity index (χ3v) is 3.81. The first-order valence-electron chi connectivity index (χ1n) is 8.50. The average molecular weight is 421 g/mol. The number of hydrogen-bond acceptors (Lipinski definition) is 6. The summed E-state index contributed by atoms with van der Waals surface area (Å²) in [6.45, 7) is -1.15. The highest BCUT2D eigenvalue weighted by atomic mass is 19.4. The van der Waals surface area contributed by atoms with Crippen molar-refractivity contribution in [1.82, 2.24) is 0 Å². The third kappa shape index (κ3) is 5.60. The van der Waals surface area contributed by atoms with E-state index >= 15 is 0 Å². The van der Waals surface area contributed by atoms with Gasteiger partial charge < -0.3 is 19.2 Å². The Balaban J connectivity index is 1.46. The summed E-state index contributed by atoms with van der Waals surface area (Å²) in [4.78, 5) is 34.7. The SMILES string of the molecule is O=C(COC(=O)COc1ccc2ccc(=O)oc2c1)Nc1ccc(C(F)(F)F)cc1. The van der Waals surface area contributed by atoms with E-state index in [1.165, 1.54) is 12.1 Å². The highest BCUT2D eigenvalue weighted by molar-refractivity contribution is 5.92. The fourth-order valence-electron chi connectivity index (χ4n) is 2.40. The fourth-order valence-corrected chi connectivity index (χ4v) is 2.40. The molecule has 0 fully saturated rings. The van der Waals surface area contributed by atoms with Gasteiger partial charge in [0, 0.05) is 23.2 Å². The lowest BCUT2D eigenvalue weighted by molar-refractivity contribution is -0.149. The van der Waals surface area contributed by atoms with Crippen LogP contribution in [-0.4, -0.2) is 25.1 Å². The number of carbonyl (C=O) groups is 2. The molecule has 0 unspecified atom stereocenters. The molecule has 0 saturated carbocycles. The van der Waals surface area contributed by atoms with Gasteiger partial charge in [0.1, 0.15) is 11.3 Å². The van der Waals surface area contributed by atoms with E-state index in [0.29, 0.717) is 5.39 Å². The van der Waals surface area contributed by atoms with Crippen LogP contribution in [0.15, 0.2) is 63.8 Å². The summed E-state index contributed by atoms with van der Waals surface area (Å²) in [5.74, 6) is -1.31. The number of fused-ring (bicyclic) bond motifs is 1. The van der Waals surface area contributed by atoms with Crippen LogP contribution in [0.2, 0.25) is 0 Å². The van der Waals surface area contributed by atoms with E-state index < -0.39 is 42.5 Å². The van der Waals surface area contributed by atoms with Crippen LogP contribution < -0.4 is 15.7 Å². The number of hydrogen-bond donors (Lipinski definition) is 1. The van der Waals surface area contributed by atoms with Crippen molar-refractivity contribution in [3.05, 3.63) is 70.6 Å². The quantitative estimate of drug-likeness (QED) is 0.485. The number of rotatable bonds is 6. The van der Waals surface area contributed by atoms with Gasteiger partial charge in [0.25, 0.3) is 5.91 Å². The van der Waals surface area contributed by atoms with Crippen molar-refractivity contribution in [2.45, 2.75) is 6.18 Å². The van der Waals surface area contributed by atoms with E-state index in [2.05, 4.69) is 5.32 Å². The minimum Gasteiger partial charge on any atom is -0.482 e. The number of esters is 1. The van der Waals surface area contributed by atoms with Gasteiger partial charge in [0.2, 0.25) is 0 Å². The number of carbonyl (C=O) groups excluding carboxylic acids is 2. The van der Waals surface area contributed by atoms with Crippen molar-refractivity contribution in [2.24, 2.45) is 0 Å². The molecule has 7 nitrogen and oxygen atoms in total. The Morgan fingerprint density at radius 3 is 2.37 bits per heavy atom. The summed E-state index contributed by atoms with van der Waals surface area (Å²) < 4.78 is 52.5. The Hall–Kier alpha value is -3.82. The Morgan fingerprint density at radius 2 is 1.67 bits per heavy atom. The molecule has 2 aromatic carbocycles. The maximum absolute atomic E-state index is 12.5. The van der Waals surface area contributed by atoms with Crippen LogP contribution in [0.3, 0.4) is 0 Å². The maximum atomic E-state index is 12.5. The fraction of sp³-hybridized carbons (Fsp3) is 0.150. The van der Waals surface area contributed by atoms with E-state index in [9.17, 15) is 27.6 Å². The third-order valence-electron chi connectivity index (χ3n) is 3.81. The van der Waals surface area contributed by atoms with Crippen molar-refractivity contribution in [3.63, 3.8) is 0 Å². The normalized spacial score (nSPS) is 11.2. The smallest absolute Gasteiger partial charge is 0.416 e. The van der Waals surface area contributed by atoms with Gasteiger partial charge in [0.15, 0.2) is 13.2 Å². The second kappa shape index (κ2) is 8.68. The Labute approximate surface area is 167 Å². The van der Waals surface area contributed by atoms with Crippen molar-refractivity contribution in [1.29, 1.82) is 0 Å². The van der Waals surface area contributed by atoms with E-state index in [1.54, 1.807) is 18.2 Å². The van der Waals surface area contributed by atoms with Crippen molar-refractivity contribution < 1.29 is 36.7 Å². The first-order chi connectivity index (χ1) is 14.2. The Kier molecular flexibility index (Phi) is 6.05. The van der Waals surface area contributed by atoms with Crippen LogP contribution in [0.5, 0.6) is 5.75 Å². The highest BCUT2D eigenvalue weighted by Gasteiger charge is 2.30. The van der Waals surface area contributed by atoms with Gasteiger partial charge in [-0.15, -0.1) is 0 Å². The number of benzene rings is 2. The van der Waals surface area contributed by atoms with Crippen molar-refractivity contribution >= 4 is 28.5 Å². The zero-order valence-corrected chi connectivity index (χ0v) is 15.2. The largest absolute Gasteiger partial charge is 0.482 e. The number of alkyl halides is 3. The second-order valence-corrected chi connectivity index (χ2v) is 6.03. The topological polar surface area (TPSA) is 94.8 Å². The summed E-state index contributed by atoms with van der Waals surface area (Å²) in [5, 5.41) is 2.98. The Bertz CT molecular complexity index is 1120. The summed E-state index contributed by atoms with van der Waals surface area (Å²) in [7, 11) is 0. The predicted molar refractivity (Wildman–Crippen MR) is 99.0 cm³/mol. The zero-order valence-electron chi connectivity index (χ0n) is 15.2. The maximum Gasteiger partial charge on any atom is 0.416 e. The van der Waals surface area contributed by atoms with E-state index in [-0.39, 0.29) is 17.0 Å². The van der Waals surface area contributed by atoms with Gasteiger partial charge in [-0.3, -0.25) is 4.79 Å². The van der Waals surface area contributed by atoms with Gasteiger partial charge in [-0.05, 0) is 42.5 Å². The number of halogens is 3. The lowest BCUT2D eigenvalue weighted by Crippen LogP contribution is -2.23. The van der Waals surface area contributed by atoms with E-state index in [0.717, 1.165) is 24.3 Å². The van der Waals surface area contributed by atoms with Crippen LogP contribution in [0, 0.1) is 0 Å². The number of ether oxygens (including phenoxy) is 2. The molecular formula is C20H14F3NO6. The van der Waals surface area contributed by atoms with Gasteiger partial charge in [-0.2, -0.15) is 13.2 Å². The molecule has 156 valence electrons. The molecule has 0 aliphatic rings. The van der Waals surface area contributed by atoms with Crippen LogP contribution in [-0.2, 0) is 20.5 Å². The number of nitrogens with one attached hydrogen (secondary N) is 1. The summed E-state index contributed by atoms with van der Waals surface area (Å²) in [6.07, 6.45) is -4.48. The average Bonchev–Trinajstić information content (AvgIpc) is 2.70. The first-order valence-corrected chi connectivity index (χ1v) is 8.50. The minimum atomic E-state index is -4.48. The molecule has 3 rings (SSSR count). The van der Waals surface area contributed by atoms with Gasteiger partial charge in [-0.1, -0.05) is 0 Å². The molecule has 1 aromatic heterocycles. The van der Waals surface area contributed by atoms with Crippen molar-refractivity contribution in [3.8, 4) is 5.75 Å². The molecule has 1 heterocycles. The molecule has 0 aliphatic carbocycles. The molecule has 3 aromatic rings. The van der Waals surface area contributed by atoms with Crippen LogP contribution >= 0.6 is 0 Å². The molecule has 0 spiro atoms. The molecule has 1 amide bonds. The van der Waals surface area contributed by atoms with Crippen LogP contribution in [0.1, 0.15) is 5.56 Å². The predicted octanol–water partition coefficient (Wildman–Crippen LogP) is 3.37. The van der Waals surface area contributed by atoms with E-state index in [1.807, 2.05) is 0 Å². The monoisotopic (exact) mass is 421 g/mol. The molecular weight excluding hydrogens is 407 g/mol. The van der Waals surface area contributed by atoms with Crippen LogP contribution in [0.4, 0.5) is 18.9 Å². The molecule has 0 bridgehead atoms. The highest BCUT2D eigenvalue weighted by Crippen LogP contribution is 2.29. The zero-order chi connectivity index (χ0) is 21.7. The second-order valence-electron chi connectivity index (χ2n) is 6.03. The van der Waals surface area contributed by atoms with Gasteiger partial charge in [-0.25, -0.2) is 9.59 Å². The molecule has 0 radical (unpaired) electrons. The molecule has 0 saturated heterocycles. The van der Waals surface area contributed by atoms with E-state index in [4.69, 9.17) is 13.9 Å². The lowest BCUT2D eigenvalue weighted by Gasteiger charge is -2.10. The molecule has 0 aliphatic heterocycles. The number of amides is 1. The standard InChI is InChI=1S/C20H14F3NO6/c21-20(22,23)13-3-5-14(6-4-13)24-17(25)10-29-19(27)11-28-15-7-1-12-2-8-18(26)30-16(12)9-15/h1-9H,10-11H2,(H,24,25). The lowest BCUT2D eigenvalue weighted by atomic mass is 10.2. The Morgan fingerprint density at radius 1 is 0.967 bits per heavy atom. The van der Waals surface area contributed by atoms with Gasteiger partial charge >= 0.3 is 17.8 Å². The summed E-state index contributed by atoms with van der Waals surface area (Å²) in [6, 6.07) is 11.3. The summed E-state index contributed by atoms with van der Waals surface area (Å²) >= 11 is 0. The molecule has 30 heavy (non-hydrogen) atoms.